The second-order valence-corrected chi connectivity index (χ2v) is 4.98. The minimum atomic E-state index is -2.51. The van der Waals surface area contributed by atoms with Crippen LogP contribution in [0.1, 0.15) is 5.56 Å². The molecule has 0 aliphatic heterocycles. The summed E-state index contributed by atoms with van der Waals surface area (Å²) in [6.07, 6.45) is 0.101. The van der Waals surface area contributed by atoms with E-state index in [1.54, 1.807) is 18.2 Å². The summed E-state index contributed by atoms with van der Waals surface area (Å²) in [4.78, 5) is 11.8. The summed E-state index contributed by atoms with van der Waals surface area (Å²) < 4.78 is 30.7. The first-order valence-corrected chi connectivity index (χ1v) is 7.04. The Morgan fingerprint density at radius 3 is 2.96 bits per heavy atom. The lowest BCUT2D eigenvalue weighted by atomic mass is 10.2. The highest BCUT2D eigenvalue weighted by molar-refractivity contribution is 6.31. The Morgan fingerprint density at radius 2 is 2.26 bits per heavy atom. The first kappa shape index (κ1) is 17.0. The lowest BCUT2D eigenvalue weighted by molar-refractivity contribution is 0.122. The Bertz CT molecular complexity index is 679. The molecule has 0 bridgehead atoms. The maximum absolute atomic E-state index is 12.2. The molecule has 2 N–H and O–H groups in total. The normalized spacial score (nSPS) is 10.7. The SMILES string of the molecule is COc1cccc(Cl)c1CNC(=O)Nc1cnn(CC(F)F)c1. The number of ether oxygens (including phenoxy) is 1. The van der Waals surface area contributed by atoms with E-state index in [1.807, 2.05) is 0 Å². The molecule has 9 heteroatoms. The summed E-state index contributed by atoms with van der Waals surface area (Å²) in [6.45, 7) is -0.375. The summed E-state index contributed by atoms with van der Waals surface area (Å²) in [7, 11) is 1.51. The van der Waals surface area contributed by atoms with Gasteiger partial charge in [0.15, 0.2) is 0 Å². The maximum Gasteiger partial charge on any atom is 0.319 e. The predicted molar refractivity (Wildman–Crippen MR) is 82.1 cm³/mol. The molecule has 0 saturated heterocycles. The van der Waals surface area contributed by atoms with E-state index in [-0.39, 0.29) is 6.54 Å². The van der Waals surface area contributed by atoms with E-state index < -0.39 is 19.0 Å². The summed E-state index contributed by atoms with van der Waals surface area (Å²) in [5.74, 6) is 0.558. The Hall–Kier alpha value is -2.35. The minimum Gasteiger partial charge on any atom is -0.496 e. The average molecular weight is 345 g/mol. The van der Waals surface area contributed by atoms with Crippen molar-refractivity contribution < 1.29 is 18.3 Å². The smallest absolute Gasteiger partial charge is 0.319 e. The highest BCUT2D eigenvalue weighted by Gasteiger charge is 2.11. The number of hydrogen-bond donors (Lipinski definition) is 2. The van der Waals surface area contributed by atoms with Crippen molar-refractivity contribution >= 4 is 23.3 Å². The number of benzene rings is 1. The number of hydrogen-bond acceptors (Lipinski definition) is 3. The molecule has 0 spiro atoms. The molecular weight excluding hydrogens is 330 g/mol. The van der Waals surface area contributed by atoms with Crippen LogP contribution in [0.4, 0.5) is 19.3 Å². The molecule has 0 unspecified atom stereocenters. The van der Waals surface area contributed by atoms with Crippen molar-refractivity contribution in [1.29, 1.82) is 0 Å². The van der Waals surface area contributed by atoms with Crippen molar-refractivity contribution in [2.75, 3.05) is 12.4 Å². The molecule has 0 radical (unpaired) electrons. The van der Waals surface area contributed by atoms with Gasteiger partial charge in [-0.2, -0.15) is 5.10 Å². The first-order chi connectivity index (χ1) is 11.0. The molecule has 0 fully saturated rings. The highest BCUT2D eigenvalue weighted by Crippen LogP contribution is 2.25. The van der Waals surface area contributed by atoms with Crippen LogP contribution in [0.25, 0.3) is 0 Å². The Balaban J connectivity index is 1.92. The largest absolute Gasteiger partial charge is 0.496 e. The van der Waals surface area contributed by atoms with Gasteiger partial charge in [-0.1, -0.05) is 17.7 Å². The van der Waals surface area contributed by atoms with Crippen LogP contribution in [0, 0.1) is 0 Å². The Kier molecular flexibility index (Phi) is 5.75. The Morgan fingerprint density at radius 1 is 1.48 bits per heavy atom. The molecule has 0 atom stereocenters. The first-order valence-electron chi connectivity index (χ1n) is 6.66. The lowest BCUT2D eigenvalue weighted by Gasteiger charge is -2.11. The molecule has 0 aliphatic carbocycles. The number of methoxy groups -OCH3 is 1. The number of carbonyl (C=O) groups excluding carboxylic acids is 1. The zero-order chi connectivity index (χ0) is 16.8. The molecule has 1 heterocycles. The molecule has 124 valence electrons. The maximum atomic E-state index is 12.2. The monoisotopic (exact) mass is 344 g/mol. The van der Waals surface area contributed by atoms with Crippen molar-refractivity contribution in [1.82, 2.24) is 15.1 Å². The number of amides is 2. The fraction of sp³-hybridized carbons (Fsp3) is 0.286. The molecular formula is C14H15ClF2N4O2. The number of nitrogens with zero attached hydrogens (tertiary/aromatic N) is 2. The molecule has 23 heavy (non-hydrogen) atoms. The van der Waals surface area contributed by atoms with Gasteiger partial charge in [-0.15, -0.1) is 0 Å². The van der Waals surface area contributed by atoms with Gasteiger partial charge in [0.25, 0.3) is 6.43 Å². The molecule has 0 saturated carbocycles. The zero-order valence-electron chi connectivity index (χ0n) is 12.2. The lowest BCUT2D eigenvalue weighted by Crippen LogP contribution is -2.28. The van der Waals surface area contributed by atoms with Crippen LogP contribution in [0.5, 0.6) is 5.75 Å². The van der Waals surface area contributed by atoms with Gasteiger partial charge in [0.2, 0.25) is 0 Å². The van der Waals surface area contributed by atoms with Crippen LogP contribution >= 0.6 is 11.6 Å². The summed E-state index contributed by atoms with van der Waals surface area (Å²) in [5.41, 5.74) is 0.953. The second-order valence-electron chi connectivity index (χ2n) is 4.57. The number of carbonyl (C=O) groups is 1. The van der Waals surface area contributed by atoms with Gasteiger partial charge in [-0.05, 0) is 12.1 Å². The van der Waals surface area contributed by atoms with E-state index in [4.69, 9.17) is 16.3 Å². The van der Waals surface area contributed by atoms with Gasteiger partial charge in [0.05, 0.1) is 19.0 Å². The number of rotatable bonds is 6. The number of anilines is 1. The fourth-order valence-corrected chi connectivity index (χ4v) is 2.15. The number of alkyl halides is 2. The van der Waals surface area contributed by atoms with Gasteiger partial charge in [0.1, 0.15) is 12.3 Å². The Labute approximate surface area is 136 Å². The van der Waals surface area contributed by atoms with Crippen molar-refractivity contribution in [3.8, 4) is 5.75 Å². The molecule has 2 aromatic rings. The van der Waals surface area contributed by atoms with Crippen molar-refractivity contribution in [2.45, 2.75) is 19.5 Å². The van der Waals surface area contributed by atoms with Crippen LogP contribution in [-0.2, 0) is 13.1 Å². The number of aromatic nitrogens is 2. The molecule has 0 aliphatic rings. The number of urea groups is 1. The molecule has 2 rings (SSSR count). The summed E-state index contributed by atoms with van der Waals surface area (Å²) in [5, 5.41) is 9.30. The van der Waals surface area contributed by atoms with Gasteiger partial charge in [0, 0.05) is 23.3 Å². The summed E-state index contributed by atoms with van der Waals surface area (Å²) >= 11 is 6.07. The van der Waals surface area contributed by atoms with Gasteiger partial charge in [-0.25, -0.2) is 13.6 Å². The summed E-state index contributed by atoms with van der Waals surface area (Å²) in [6, 6.07) is 4.65. The van der Waals surface area contributed by atoms with E-state index in [0.29, 0.717) is 22.0 Å². The third-order valence-corrected chi connectivity index (χ3v) is 3.29. The van der Waals surface area contributed by atoms with Crippen molar-refractivity contribution in [3.63, 3.8) is 0 Å². The van der Waals surface area contributed by atoms with E-state index in [1.165, 1.54) is 19.5 Å². The highest BCUT2D eigenvalue weighted by atomic mass is 35.5. The molecule has 1 aromatic heterocycles. The topological polar surface area (TPSA) is 68.2 Å². The van der Waals surface area contributed by atoms with E-state index >= 15 is 0 Å². The van der Waals surface area contributed by atoms with Crippen LogP contribution in [0.2, 0.25) is 5.02 Å². The fourth-order valence-electron chi connectivity index (χ4n) is 1.91. The standard InChI is InChI=1S/C14H15ClF2N4O2/c1-23-12-4-2-3-11(15)10(12)6-18-14(22)20-9-5-19-21(7-9)8-13(16)17/h2-5,7,13H,6,8H2,1H3,(H2,18,20,22). The molecule has 1 aromatic carbocycles. The van der Waals surface area contributed by atoms with E-state index in [2.05, 4.69) is 15.7 Å². The zero-order valence-corrected chi connectivity index (χ0v) is 13.0. The molecule has 2 amide bonds. The van der Waals surface area contributed by atoms with Crippen LogP contribution in [0.3, 0.4) is 0 Å². The third-order valence-electron chi connectivity index (χ3n) is 2.94. The average Bonchev–Trinajstić information content (AvgIpc) is 2.91. The number of nitrogens with one attached hydrogen (secondary N) is 2. The second kappa shape index (κ2) is 7.77. The van der Waals surface area contributed by atoms with E-state index in [0.717, 1.165) is 4.68 Å². The van der Waals surface area contributed by atoms with E-state index in [9.17, 15) is 13.6 Å². The van der Waals surface area contributed by atoms with Crippen LogP contribution in [0.15, 0.2) is 30.6 Å². The van der Waals surface area contributed by atoms with Gasteiger partial charge < -0.3 is 15.4 Å². The third kappa shape index (κ3) is 4.82. The quantitative estimate of drug-likeness (QED) is 0.846. The molecule has 6 nitrogen and oxygen atoms in total. The van der Waals surface area contributed by atoms with Gasteiger partial charge >= 0.3 is 6.03 Å². The van der Waals surface area contributed by atoms with Crippen molar-refractivity contribution in [2.24, 2.45) is 0 Å². The predicted octanol–water partition coefficient (Wildman–Crippen LogP) is 3.13. The minimum absolute atomic E-state index is 0.153. The van der Waals surface area contributed by atoms with Gasteiger partial charge in [-0.3, -0.25) is 4.68 Å². The van der Waals surface area contributed by atoms with Crippen molar-refractivity contribution in [3.05, 3.63) is 41.2 Å². The number of halogens is 3. The van der Waals surface area contributed by atoms with Crippen LogP contribution < -0.4 is 15.4 Å². The van der Waals surface area contributed by atoms with Crippen LogP contribution in [-0.4, -0.2) is 29.3 Å².